The average Bonchev–Trinajstić information content (AvgIpc) is 2.73. The van der Waals surface area contributed by atoms with Gasteiger partial charge in [-0.05, 0) is 63.3 Å². The third-order valence-corrected chi connectivity index (χ3v) is 7.32. The first kappa shape index (κ1) is 23.3. The molecule has 0 N–H and O–H groups in total. The van der Waals surface area contributed by atoms with E-state index in [1.807, 2.05) is 39.0 Å². The molecule has 0 aromatic heterocycles. The summed E-state index contributed by atoms with van der Waals surface area (Å²) in [6.07, 6.45) is 2.15. The van der Waals surface area contributed by atoms with Crippen LogP contribution in [-0.4, -0.2) is 49.5 Å². The highest BCUT2D eigenvalue weighted by atomic mass is 32.2. The molecule has 3 rings (SSSR count). The number of likely N-dealkylation sites (N-methyl/N-ethyl adjacent to an activating group) is 1. The molecule has 0 saturated carbocycles. The lowest BCUT2D eigenvalue weighted by Crippen LogP contribution is -2.43. The van der Waals surface area contributed by atoms with Gasteiger partial charge in [-0.15, -0.1) is 0 Å². The summed E-state index contributed by atoms with van der Waals surface area (Å²) >= 11 is 0. The first-order valence-electron chi connectivity index (χ1n) is 10.7. The number of carbonyl (C=O) groups excluding carboxylic acids is 1. The van der Waals surface area contributed by atoms with Gasteiger partial charge in [-0.2, -0.15) is 4.31 Å². The van der Waals surface area contributed by atoms with E-state index in [2.05, 4.69) is 6.07 Å². The number of hydrogen-bond acceptors (Lipinski definition) is 4. The molecule has 0 aliphatic heterocycles. The minimum absolute atomic E-state index is 0.186. The lowest BCUT2D eigenvalue weighted by molar-refractivity contribution is 0.0288. The molecule has 31 heavy (non-hydrogen) atoms. The Labute approximate surface area is 185 Å². The fourth-order valence-electron chi connectivity index (χ4n) is 3.88. The van der Waals surface area contributed by atoms with Crippen molar-refractivity contribution in [1.82, 2.24) is 9.21 Å². The van der Waals surface area contributed by atoms with E-state index in [0.29, 0.717) is 0 Å². The van der Waals surface area contributed by atoms with E-state index in [0.717, 1.165) is 24.8 Å². The minimum Gasteiger partial charge on any atom is -0.444 e. The van der Waals surface area contributed by atoms with Crippen LogP contribution in [0.5, 0.6) is 0 Å². The number of carbonyl (C=O) groups is 1. The number of amides is 1. The topological polar surface area (TPSA) is 66.9 Å². The number of ether oxygens (including phenoxy) is 1. The molecule has 1 atom stereocenters. The van der Waals surface area contributed by atoms with Crippen molar-refractivity contribution in [2.75, 3.05) is 20.1 Å². The zero-order valence-electron chi connectivity index (χ0n) is 18.7. The molecule has 0 bridgehead atoms. The van der Waals surface area contributed by atoms with Crippen molar-refractivity contribution in [3.8, 4) is 0 Å². The van der Waals surface area contributed by atoms with Gasteiger partial charge in [0, 0.05) is 20.1 Å². The highest BCUT2D eigenvalue weighted by Crippen LogP contribution is 2.37. The molecule has 1 unspecified atom stereocenters. The summed E-state index contributed by atoms with van der Waals surface area (Å²) in [5.41, 5.74) is 1.63. The van der Waals surface area contributed by atoms with Crippen LogP contribution in [0, 0.1) is 0 Å². The molecule has 2 aromatic carbocycles. The van der Waals surface area contributed by atoms with Crippen molar-refractivity contribution in [2.24, 2.45) is 0 Å². The number of benzene rings is 2. The molecule has 0 spiro atoms. The van der Waals surface area contributed by atoms with E-state index >= 15 is 0 Å². The van der Waals surface area contributed by atoms with Gasteiger partial charge in [0.05, 0.1) is 10.9 Å². The van der Waals surface area contributed by atoms with Crippen LogP contribution in [0.4, 0.5) is 4.79 Å². The summed E-state index contributed by atoms with van der Waals surface area (Å²) < 4.78 is 34.3. The lowest BCUT2D eigenvalue weighted by Gasteiger charge is -2.36. The standard InChI is InChI=1S/C24H32N2O4S/c1-24(2,3)30-23(27)25(4)17-18-26(31(28,29)20-13-6-5-7-14-20)22-16-10-12-19-11-8-9-15-21(19)22/h5-9,11,13-15,22H,10,12,16-18H2,1-4H3. The van der Waals surface area contributed by atoms with Gasteiger partial charge in [0.2, 0.25) is 10.0 Å². The molecule has 0 radical (unpaired) electrons. The smallest absolute Gasteiger partial charge is 0.410 e. The Bertz CT molecular complexity index is 1000. The quantitative estimate of drug-likeness (QED) is 0.652. The Morgan fingerprint density at radius 1 is 1.03 bits per heavy atom. The van der Waals surface area contributed by atoms with Crippen molar-refractivity contribution >= 4 is 16.1 Å². The van der Waals surface area contributed by atoms with Crippen LogP contribution in [-0.2, 0) is 21.2 Å². The van der Waals surface area contributed by atoms with Crippen molar-refractivity contribution in [1.29, 1.82) is 0 Å². The van der Waals surface area contributed by atoms with E-state index in [9.17, 15) is 13.2 Å². The Kier molecular flexibility index (Phi) is 7.06. The van der Waals surface area contributed by atoms with Gasteiger partial charge >= 0.3 is 6.09 Å². The predicted molar refractivity (Wildman–Crippen MR) is 121 cm³/mol. The van der Waals surface area contributed by atoms with Crippen LogP contribution in [0.1, 0.15) is 50.8 Å². The van der Waals surface area contributed by atoms with Crippen molar-refractivity contribution in [3.05, 3.63) is 65.7 Å². The molecule has 2 aromatic rings. The summed E-state index contributed by atoms with van der Waals surface area (Å²) in [4.78, 5) is 14.1. The van der Waals surface area contributed by atoms with E-state index in [4.69, 9.17) is 4.74 Å². The van der Waals surface area contributed by atoms with Crippen LogP contribution in [0.3, 0.4) is 0 Å². The van der Waals surface area contributed by atoms with Crippen LogP contribution >= 0.6 is 0 Å². The van der Waals surface area contributed by atoms with Gasteiger partial charge in [0.25, 0.3) is 0 Å². The first-order chi connectivity index (χ1) is 14.6. The Hall–Kier alpha value is -2.38. The Morgan fingerprint density at radius 3 is 2.35 bits per heavy atom. The third kappa shape index (κ3) is 5.66. The van der Waals surface area contributed by atoms with Crippen LogP contribution < -0.4 is 0 Å². The highest BCUT2D eigenvalue weighted by Gasteiger charge is 2.35. The molecule has 0 heterocycles. The number of rotatable bonds is 6. The van der Waals surface area contributed by atoms with E-state index in [-0.39, 0.29) is 24.0 Å². The molecule has 1 amide bonds. The highest BCUT2D eigenvalue weighted by molar-refractivity contribution is 7.89. The summed E-state index contributed by atoms with van der Waals surface area (Å²) in [5, 5.41) is 0. The number of fused-ring (bicyclic) bond motifs is 1. The van der Waals surface area contributed by atoms with E-state index in [1.165, 1.54) is 10.5 Å². The fourth-order valence-corrected chi connectivity index (χ4v) is 5.53. The summed E-state index contributed by atoms with van der Waals surface area (Å²) in [5.74, 6) is 0. The maximum absolute atomic E-state index is 13.6. The molecular weight excluding hydrogens is 412 g/mol. The largest absolute Gasteiger partial charge is 0.444 e. The third-order valence-electron chi connectivity index (χ3n) is 5.40. The molecular formula is C24H32N2O4S. The number of sulfonamides is 1. The fraction of sp³-hybridized carbons (Fsp3) is 0.458. The van der Waals surface area contributed by atoms with Crippen molar-refractivity contribution in [2.45, 2.75) is 56.6 Å². The maximum atomic E-state index is 13.6. The van der Waals surface area contributed by atoms with Gasteiger partial charge in [-0.3, -0.25) is 0 Å². The number of aryl methyl sites for hydroxylation is 1. The summed E-state index contributed by atoms with van der Waals surface area (Å²) in [7, 11) is -2.11. The zero-order chi connectivity index (χ0) is 22.6. The Balaban J connectivity index is 1.90. The maximum Gasteiger partial charge on any atom is 0.410 e. The molecule has 1 aliphatic rings. The second-order valence-electron chi connectivity index (χ2n) is 8.94. The molecule has 7 heteroatoms. The van der Waals surface area contributed by atoms with Gasteiger partial charge < -0.3 is 9.64 Å². The second kappa shape index (κ2) is 9.40. The average molecular weight is 445 g/mol. The zero-order valence-corrected chi connectivity index (χ0v) is 19.6. The summed E-state index contributed by atoms with van der Waals surface area (Å²) in [6, 6.07) is 16.3. The first-order valence-corrected chi connectivity index (χ1v) is 12.1. The van der Waals surface area contributed by atoms with Gasteiger partial charge in [0.1, 0.15) is 5.60 Å². The Morgan fingerprint density at radius 2 is 1.68 bits per heavy atom. The number of nitrogens with zero attached hydrogens (tertiary/aromatic N) is 2. The van der Waals surface area contributed by atoms with Gasteiger partial charge in [0.15, 0.2) is 0 Å². The summed E-state index contributed by atoms with van der Waals surface area (Å²) in [6.45, 7) is 5.85. The SMILES string of the molecule is CN(CCN(C1CCCc2ccccc21)S(=O)(=O)c1ccccc1)C(=O)OC(C)(C)C. The predicted octanol–water partition coefficient (Wildman–Crippen LogP) is 4.62. The van der Waals surface area contributed by atoms with Gasteiger partial charge in [-0.25, -0.2) is 13.2 Å². The van der Waals surface area contributed by atoms with E-state index < -0.39 is 21.7 Å². The monoisotopic (exact) mass is 444 g/mol. The molecule has 6 nitrogen and oxygen atoms in total. The van der Waals surface area contributed by atoms with E-state index in [1.54, 1.807) is 41.7 Å². The molecule has 168 valence electrons. The van der Waals surface area contributed by atoms with Crippen LogP contribution in [0.2, 0.25) is 0 Å². The molecule has 0 fully saturated rings. The minimum atomic E-state index is -3.75. The lowest BCUT2D eigenvalue weighted by atomic mass is 9.88. The van der Waals surface area contributed by atoms with Crippen LogP contribution in [0.25, 0.3) is 0 Å². The van der Waals surface area contributed by atoms with Crippen molar-refractivity contribution in [3.63, 3.8) is 0 Å². The van der Waals surface area contributed by atoms with Gasteiger partial charge in [-0.1, -0.05) is 42.5 Å². The molecule has 0 saturated heterocycles. The van der Waals surface area contributed by atoms with Crippen LogP contribution in [0.15, 0.2) is 59.5 Å². The van der Waals surface area contributed by atoms with Crippen molar-refractivity contribution < 1.29 is 17.9 Å². The second-order valence-corrected chi connectivity index (χ2v) is 10.8. The molecule has 1 aliphatic carbocycles. The number of hydrogen-bond donors (Lipinski definition) is 0. The normalized spacial score (nSPS) is 16.6.